The molecule has 3 amide bonds. The highest BCUT2D eigenvalue weighted by Gasteiger charge is 2.31. The number of terminal acetylenes is 1. The van der Waals surface area contributed by atoms with E-state index >= 15 is 0 Å². The van der Waals surface area contributed by atoms with Gasteiger partial charge in [0.1, 0.15) is 6.54 Å². The minimum atomic E-state index is -0.317. The Labute approximate surface area is 58.2 Å². The van der Waals surface area contributed by atoms with Crippen molar-refractivity contribution in [1.29, 1.82) is 0 Å². The average Bonchev–Trinajstić information content (AvgIpc) is 2.13. The maximum Gasteiger partial charge on any atom is 0.422 e. The van der Waals surface area contributed by atoms with Gasteiger partial charge >= 0.3 is 6.03 Å². The molecule has 1 heterocycles. The maximum absolute atomic E-state index is 10.7. The van der Waals surface area contributed by atoms with Crippen LogP contribution in [0.1, 0.15) is 0 Å². The molecule has 0 bridgehead atoms. The molecule has 1 unspecified atom stereocenters. The molecule has 52 valence electrons. The normalized spacial score (nSPS) is 24.1. The predicted molar refractivity (Wildman–Crippen MR) is 33.1 cm³/mol. The Hall–Kier alpha value is -1.34. The van der Waals surface area contributed by atoms with Gasteiger partial charge in [-0.25, -0.2) is 15.0 Å². The summed E-state index contributed by atoms with van der Waals surface area (Å²) >= 11 is 0. The molecule has 0 saturated carbocycles. The zero-order chi connectivity index (χ0) is 7.56. The minimum absolute atomic E-state index is 0.170. The van der Waals surface area contributed by atoms with Gasteiger partial charge in [0.05, 0.1) is 0 Å². The lowest BCUT2D eigenvalue weighted by atomic mass is 10.5. The minimum Gasteiger partial charge on any atom is -0.268 e. The van der Waals surface area contributed by atoms with Gasteiger partial charge in [-0.15, -0.1) is 6.42 Å². The third kappa shape index (κ3) is 1.14. The molecular weight excluding hydrogens is 132 g/mol. The highest BCUT2D eigenvalue weighted by molar-refractivity contribution is 5.95. The van der Waals surface area contributed by atoms with Gasteiger partial charge in [0.25, 0.3) is 5.91 Å². The van der Waals surface area contributed by atoms with Crippen LogP contribution >= 0.6 is 0 Å². The summed E-state index contributed by atoms with van der Waals surface area (Å²) in [6, 6.07) is -0.317. The highest BCUT2D eigenvalue weighted by atomic mass is 16.2. The van der Waals surface area contributed by atoms with Crippen molar-refractivity contribution in [1.82, 2.24) is 5.32 Å². The van der Waals surface area contributed by atoms with Crippen LogP contribution in [0.25, 0.3) is 0 Å². The van der Waals surface area contributed by atoms with Crippen molar-refractivity contribution in [3.05, 3.63) is 0 Å². The van der Waals surface area contributed by atoms with E-state index < -0.39 is 0 Å². The zero-order valence-electron chi connectivity index (χ0n) is 5.31. The molecular formula is C6H7N2O2+. The Morgan fingerprint density at radius 1 is 1.70 bits per heavy atom. The lowest BCUT2D eigenvalue weighted by Crippen LogP contribution is -3.13. The van der Waals surface area contributed by atoms with Crippen molar-refractivity contribution in [3.63, 3.8) is 0 Å². The van der Waals surface area contributed by atoms with Crippen molar-refractivity contribution in [2.45, 2.75) is 0 Å². The third-order valence-corrected chi connectivity index (χ3v) is 1.26. The van der Waals surface area contributed by atoms with Gasteiger partial charge < -0.3 is 0 Å². The molecule has 2 N–H and O–H groups in total. The number of rotatable bonds is 1. The van der Waals surface area contributed by atoms with Crippen LogP contribution in [0, 0.1) is 12.3 Å². The molecule has 0 radical (unpaired) electrons. The maximum atomic E-state index is 10.7. The monoisotopic (exact) mass is 139 g/mol. The summed E-state index contributed by atoms with van der Waals surface area (Å²) in [6.45, 7) is 0.445. The van der Waals surface area contributed by atoms with E-state index in [-0.39, 0.29) is 25.0 Å². The molecule has 1 fully saturated rings. The van der Waals surface area contributed by atoms with Crippen molar-refractivity contribution in [2.75, 3.05) is 13.1 Å². The molecule has 1 aliphatic heterocycles. The van der Waals surface area contributed by atoms with Crippen molar-refractivity contribution >= 4 is 11.9 Å². The summed E-state index contributed by atoms with van der Waals surface area (Å²) in [5, 5.41) is 2.14. The van der Waals surface area contributed by atoms with Gasteiger partial charge in [0.15, 0.2) is 6.54 Å². The number of hydrogen-bond acceptors (Lipinski definition) is 2. The SMILES string of the molecule is C#CC[NH+]1CC(=O)NC1=O. The van der Waals surface area contributed by atoms with E-state index in [9.17, 15) is 9.59 Å². The second kappa shape index (κ2) is 2.50. The van der Waals surface area contributed by atoms with Gasteiger partial charge in [0.2, 0.25) is 0 Å². The molecule has 0 aromatic heterocycles. The number of quaternary nitrogens is 1. The summed E-state index contributed by atoms with van der Waals surface area (Å²) < 4.78 is 0. The van der Waals surface area contributed by atoms with Crippen LogP contribution in [-0.2, 0) is 4.79 Å². The summed E-state index contributed by atoms with van der Waals surface area (Å²) in [5.74, 6) is 2.06. The lowest BCUT2D eigenvalue weighted by molar-refractivity contribution is -0.791. The van der Waals surface area contributed by atoms with Gasteiger partial charge in [-0.1, -0.05) is 0 Å². The number of hydrogen-bond donors (Lipinski definition) is 2. The molecule has 0 aliphatic carbocycles. The first-order chi connectivity index (χ1) is 4.74. The van der Waals surface area contributed by atoms with Crippen LogP contribution in [-0.4, -0.2) is 25.0 Å². The molecule has 0 aromatic rings. The number of amides is 3. The standard InChI is InChI=1S/C6H6N2O2/c1-2-3-8-4-5(9)7-6(8)10/h1H,3-4H2,(H,7,9,10)/p+1. The first-order valence-electron chi connectivity index (χ1n) is 2.86. The Balaban J connectivity index is 2.56. The summed E-state index contributed by atoms with van der Waals surface area (Å²) in [7, 11) is 0. The van der Waals surface area contributed by atoms with E-state index in [1.165, 1.54) is 0 Å². The Kier molecular flexibility index (Phi) is 1.69. The van der Waals surface area contributed by atoms with E-state index in [0.717, 1.165) is 0 Å². The molecule has 0 aromatic carbocycles. The summed E-state index contributed by atoms with van der Waals surface area (Å²) in [4.78, 5) is 21.7. The quantitative estimate of drug-likeness (QED) is 0.318. The summed E-state index contributed by atoms with van der Waals surface area (Å²) in [6.07, 6.45) is 4.95. The van der Waals surface area contributed by atoms with Crippen LogP contribution < -0.4 is 10.2 Å². The fourth-order valence-electron chi connectivity index (χ4n) is 0.799. The first kappa shape index (κ1) is 6.78. The molecule has 10 heavy (non-hydrogen) atoms. The predicted octanol–water partition coefficient (Wildman–Crippen LogP) is -2.25. The molecule has 1 atom stereocenters. The van der Waals surface area contributed by atoms with Gasteiger partial charge in [0, 0.05) is 0 Å². The largest absolute Gasteiger partial charge is 0.422 e. The number of imide groups is 1. The second-order valence-corrected chi connectivity index (χ2v) is 2.04. The number of urea groups is 1. The van der Waals surface area contributed by atoms with E-state index in [0.29, 0.717) is 4.90 Å². The van der Waals surface area contributed by atoms with Gasteiger partial charge in [-0.3, -0.25) is 4.79 Å². The van der Waals surface area contributed by atoms with Crippen molar-refractivity contribution in [2.24, 2.45) is 0 Å². The fraction of sp³-hybridized carbons (Fsp3) is 0.333. The smallest absolute Gasteiger partial charge is 0.268 e. The number of carbonyl (C=O) groups excluding carboxylic acids is 2. The molecule has 1 aliphatic rings. The van der Waals surface area contributed by atoms with E-state index in [2.05, 4.69) is 11.2 Å². The van der Waals surface area contributed by atoms with Crippen molar-refractivity contribution < 1.29 is 14.5 Å². The third-order valence-electron chi connectivity index (χ3n) is 1.26. The van der Waals surface area contributed by atoms with E-state index in [4.69, 9.17) is 6.42 Å². The number of carbonyl (C=O) groups is 2. The zero-order valence-corrected chi connectivity index (χ0v) is 5.31. The molecule has 1 saturated heterocycles. The Morgan fingerprint density at radius 2 is 2.40 bits per heavy atom. The topological polar surface area (TPSA) is 50.6 Å². The fourth-order valence-corrected chi connectivity index (χ4v) is 0.799. The van der Waals surface area contributed by atoms with Crippen molar-refractivity contribution in [3.8, 4) is 12.3 Å². The highest BCUT2D eigenvalue weighted by Crippen LogP contribution is 1.69. The number of nitrogens with one attached hydrogen (secondary N) is 2. The second-order valence-electron chi connectivity index (χ2n) is 2.04. The van der Waals surface area contributed by atoms with Gasteiger partial charge in [-0.05, 0) is 5.92 Å². The van der Waals surface area contributed by atoms with E-state index in [1.807, 2.05) is 0 Å². The first-order valence-corrected chi connectivity index (χ1v) is 2.86. The summed E-state index contributed by atoms with van der Waals surface area (Å²) in [5.41, 5.74) is 0. The van der Waals surface area contributed by atoms with Crippen LogP contribution in [0.15, 0.2) is 0 Å². The van der Waals surface area contributed by atoms with Gasteiger partial charge in [-0.2, -0.15) is 0 Å². The van der Waals surface area contributed by atoms with Crippen LogP contribution in [0.2, 0.25) is 0 Å². The Bertz CT molecular complexity index is 216. The van der Waals surface area contributed by atoms with Crippen LogP contribution in [0.4, 0.5) is 4.79 Å². The molecule has 1 rings (SSSR count). The van der Waals surface area contributed by atoms with E-state index in [1.54, 1.807) is 0 Å². The average molecular weight is 139 g/mol. The lowest BCUT2D eigenvalue weighted by Gasteiger charge is -1.99. The molecule has 4 nitrogen and oxygen atoms in total. The van der Waals surface area contributed by atoms with Crippen LogP contribution in [0.3, 0.4) is 0 Å². The van der Waals surface area contributed by atoms with Crippen LogP contribution in [0.5, 0.6) is 0 Å². The Morgan fingerprint density at radius 3 is 2.80 bits per heavy atom. The molecule has 4 heteroatoms. The molecule has 0 spiro atoms.